The first-order valence-electron chi connectivity index (χ1n) is 7.57. The van der Waals surface area contributed by atoms with Crippen LogP contribution in [0.25, 0.3) is 6.08 Å². The Balaban J connectivity index is 2.43. The van der Waals surface area contributed by atoms with Gasteiger partial charge in [-0.25, -0.2) is 0 Å². The number of phenols is 2. The van der Waals surface area contributed by atoms with Gasteiger partial charge in [0.1, 0.15) is 28.6 Å². The van der Waals surface area contributed by atoms with Crippen LogP contribution >= 0.6 is 0 Å². The van der Waals surface area contributed by atoms with Crippen molar-refractivity contribution in [3.8, 4) is 34.5 Å². The second-order valence-electron chi connectivity index (χ2n) is 5.19. The van der Waals surface area contributed by atoms with Crippen molar-refractivity contribution in [2.45, 2.75) is 0 Å². The molecular weight excluding hydrogens is 340 g/mol. The van der Waals surface area contributed by atoms with Crippen molar-refractivity contribution in [3.05, 3.63) is 41.5 Å². The lowest BCUT2D eigenvalue weighted by Crippen LogP contribution is -2.00. The number of methoxy groups -OCH3 is 4. The Hall–Kier alpha value is -3.35. The number of aromatic hydroxyl groups is 2. The minimum Gasteiger partial charge on any atom is -0.508 e. The molecule has 0 aliphatic heterocycles. The molecule has 0 aliphatic rings. The lowest BCUT2D eigenvalue weighted by molar-refractivity contribution is 0.104. The lowest BCUT2D eigenvalue weighted by atomic mass is 10.1. The summed E-state index contributed by atoms with van der Waals surface area (Å²) < 4.78 is 20.8. The van der Waals surface area contributed by atoms with E-state index in [1.54, 1.807) is 12.1 Å². The molecular formula is C19H20O7. The molecule has 0 aliphatic carbocycles. The van der Waals surface area contributed by atoms with Gasteiger partial charge in [-0.05, 0) is 18.2 Å². The largest absolute Gasteiger partial charge is 0.508 e. The van der Waals surface area contributed by atoms with Gasteiger partial charge in [-0.2, -0.15) is 0 Å². The number of ether oxygens (including phenoxy) is 4. The summed E-state index contributed by atoms with van der Waals surface area (Å²) in [5.74, 6) is 0.426. The SMILES string of the molecule is COc1cc(OC)c(OC)cc1/C=C/C(=O)c1c(O)cc(O)cc1OC. The maximum absolute atomic E-state index is 12.5. The van der Waals surface area contributed by atoms with E-state index in [4.69, 9.17) is 18.9 Å². The Kier molecular flexibility index (Phi) is 5.95. The topological polar surface area (TPSA) is 94.5 Å². The number of hydrogen-bond donors (Lipinski definition) is 2. The van der Waals surface area contributed by atoms with Crippen molar-refractivity contribution in [2.75, 3.05) is 28.4 Å². The summed E-state index contributed by atoms with van der Waals surface area (Å²) in [5, 5.41) is 19.5. The number of benzene rings is 2. The highest BCUT2D eigenvalue weighted by Gasteiger charge is 2.17. The average molecular weight is 360 g/mol. The third-order valence-corrected chi connectivity index (χ3v) is 3.68. The van der Waals surface area contributed by atoms with Crippen molar-refractivity contribution < 1.29 is 34.0 Å². The minimum absolute atomic E-state index is 0.0546. The van der Waals surface area contributed by atoms with E-state index in [1.165, 1.54) is 46.7 Å². The number of ketones is 1. The lowest BCUT2D eigenvalue weighted by Gasteiger charge is -2.12. The summed E-state index contributed by atoms with van der Waals surface area (Å²) in [7, 11) is 5.85. The van der Waals surface area contributed by atoms with Crippen molar-refractivity contribution in [1.82, 2.24) is 0 Å². The van der Waals surface area contributed by atoms with Gasteiger partial charge in [-0.15, -0.1) is 0 Å². The fourth-order valence-electron chi connectivity index (χ4n) is 2.43. The van der Waals surface area contributed by atoms with Crippen LogP contribution < -0.4 is 18.9 Å². The molecule has 2 aromatic carbocycles. The molecule has 7 nitrogen and oxygen atoms in total. The molecule has 0 saturated heterocycles. The summed E-state index contributed by atoms with van der Waals surface area (Å²) in [4.78, 5) is 12.5. The summed E-state index contributed by atoms with van der Waals surface area (Å²) in [6.07, 6.45) is 2.78. The molecule has 2 rings (SSSR count). The predicted octanol–water partition coefficient (Wildman–Crippen LogP) is 3.03. The van der Waals surface area contributed by atoms with Crippen LogP contribution in [-0.4, -0.2) is 44.4 Å². The molecule has 7 heteroatoms. The number of allylic oxidation sites excluding steroid dienone is 1. The molecule has 26 heavy (non-hydrogen) atoms. The third kappa shape index (κ3) is 3.83. The molecule has 0 saturated carbocycles. The molecule has 0 amide bonds. The molecule has 0 atom stereocenters. The van der Waals surface area contributed by atoms with E-state index in [2.05, 4.69) is 0 Å². The Morgan fingerprint density at radius 1 is 0.808 bits per heavy atom. The van der Waals surface area contributed by atoms with Gasteiger partial charge in [-0.1, -0.05) is 0 Å². The summed E-state index contributed by atoms with van der Waals surface area (Å²) >= 11 is 0. The zero-order chi connectivity index (χ0) is 19.3. The quantitative estimate of drug-likeness (QED) is 0.579. The molecule has 2 aromatic rings. The van der Waals surface area contributed by atoms with Gasteiger partial charge in [-0.3, -0.25) is 4.79 Å². The predicted molar refractivity (Wildman–Crippen MR) is 95.8 cm³/mol. The normalized spacial score (nSPS) is 10.6. The molecule has 0 radical (unpaired) electrons. The van der Waals surface area contributed by atoms with E-state index >= 15 is 0 Å². The van der Waals surface area contributed by atoms with Gasteiger partial charge >= 0.3 is 0 Å². The highest BCUT2D eigenvalue weighted by Crippen LogP contribution is 2.36. The Labute approximate surface area is 151 Å². The van der Waals surface area contributed by atoms with Crippen LogP contribution in [0, 0.1) is 0 Å². The molecule has 0 aromatic heterocycles. The molecule has 138 valence electrons. The van der Waals surface area contributed by atoms with Gasteiger partial charge < -0.3 is 29.2 Å². The van der Waals surface area contributed by atoms with Crippen molar-refractivity contribution >= 4 is 11.9 Å². The fraction of sp³-hybridized carbons (Fsp3) is 0.211. The first-order chi connectivity index (χ1) is 12.4. The summed E-state index contributed by atoms with van der Waals surface area (Å²) in [6, 6.07) is 5.62. The van der Waals surface area contributed by atoms with Gasteiger partial charge in [0.15, 0.2) is 17.3 Å². The van der Waals surface area contributed by atoms with Crippen LogP contribution in [-0.2, 0) is 0 Å². The summed E-state index contributed by atoms with van der Waals surface area (Å²) in [5.41, 5.74) is 0.525. The van der Waals surface area contributed by atoms with Crippen LogP contribution in [0.4, 0.5) is 0 Å². The van der Waals surface area contributed by atoms with Crippen LogP contribution in [0.3, 0.4) is 0 Å². The minimum atomic E-state index is -0.504. The molecule has 0 bridgehead atoms. The van der Waals surface area contributed by atoms with Gasteiger partial charge in [0, 0.05) is 23.8 Å². The maximum Gasteiger partial charge on any atom is 0.193 e. The van der Waals surface area contributed by atoms with E-state index in [-0.39, 0.29) is 22.8 Å². The molecule has 2 N–H and O–H groups in total. The van der Waals surface area contributed by atoms with Crippen LogP contribution in [0.5, 0.6) is 34.5 Å². The second kappa shape index (κ2) is 8.15. The van der Waals surface area contributed by atoms with E-state index in [1.807, 2.05) is 0 Å². The van der Waals surface area contributed by atoms with Gasteiger partial charge in [0.25, 0.3) is 0 Å². The first kappa shape index (κ1) is 19.0. The zero-order valence-corrected chi connectivity index (χ0v) is 14.9. The molecule has 0 unspecified atom stereocenters. The third-order valence-electron chi connectivity index (χ3n) is 3.68. The van der Waals surface area contributed by atoms with Crippen LogP contribution in [0.2, 0.25) is 0 Å². The van der Waals surface area contributed by atoms with E-state index in [0.717, 1.165) is 6.07 Å². The Morgan fingerprint density at radius 3 is 1.96 bits per heavy atom. The molecule has 0 spiro atoms. The average Bonchev–Trinajstić information content (AvgIpc) is 2.64. The fourth-order valence-corrected chi connectivity index (χ4v) is 2.43. The van der Waals surface area contributed by atoms with Crippen LogP contribution in [0.15, 0.2) is 30.3 Å². The van der Waals surface area contributed by atoms with E-state index < -0.39 is 5.78 Å². The van der Waals surface area contributed by atoms with Gasteiger partial charge in [0.2, 0.25) is 0 Å². The standard InChI is InChI=1S/C19H20O7/c1-23-15-10-17(25-3)16(24-2)7-11(15)5-6-13(21)19-14(22)8-12(20)9-18(19)26-4/h5-10,20,22H,1-4H3/b6-5+. The highest BCUT2D eigenvalue weighted by molar-refractivity contribution is 6.10. The zero-order valence-electron chi connectivity index (χ0n) is 14.9. The summed E-state index contributed by atoms with van der Waals surface area (Å²) in [6.45, 7) is 0. The smallest absolute Gasteiger partial charge is 0.193 e. The number of carbonyl (C=O) groups excluding carboxylic acids is 1. The Bertz CT molecular complexity index is 840. The van der Waals surface area contributed by atoms with Crippen molar-refractivity contribution in [2.24, 2.45) is 0 Å². The highest BCUT2D eigenvalue weighted by atomic mass is 16.5. The van der Waals surface area contributed by atoms with E-state index in [0.29, 0.717) is 22.8 Å². The van der Waals surface area contributed by atoms with Crippen molar-refractivity contribution in [3.63, 3.8) is 0 Å². The first-order valence-corrected chi connectivity index (χ1v) is 7.57. The molecule has 0 heterocycles. The molecule has 0 fully saturated rings. The number of hydrogen-bond acceptors (Lipinski definition) is 7. The van der Waals surface area contributed by atoms with Gasteiger partial charge in [0.05, 0.1) is 28.4 Å². The Morgan fingerprint density at radius 2 is 1.38 bits per heavy atom. The maximum atomic E-state index is 12.5. The monoisotopic (exact) mass is 360 g/mol. The number of phenolic OH excluding ortho intramolecular Hbond substituents is 2. The van der Waals surface area contributed by atoms with E-state index in [9.17, 15) is 15.0 Å². The number of rotatable bonds is 7. The second-order valence-corrected chi connectivity index (χ2v) is 5.19. The van der Waals surface area contributed by atoms with Crippen molar-refractivity contribution in [1.29, 1.82) is 0 Å². The number of carbonyl (C=O) groups is 1. The van der Waals surface area contributed by atoms with Crippen LogP contribution in [0.1, 0.15) is 15.9 Å².